The molecule has 1 unspecified atom stereocenters. The molecule has 1 atom stereocenters. The minimum absolute atomic E-state index is 0.496. The van der Waals surface area contributed by atoms with Gasteiger partial charge >= 0.3 is 0 Å². The van der Waals surface area contributed by atoms with Crippen LogP contribution in [-0.2, 0) is 6.42 Å². The second-order valence-electron chi connectivity index (χ2n) is 4.57. The molecule has 1 nitrogen and oxygen atoms in total. The molecule has 0 fully saturated rings. The highest BCUT2D eigenvalue weighted by Crippen LogP contribution is 2.27. The molecule has 0 saturated heterocycles. The first-order valence-corrected chi connectivity index (χ1v) is 6.59. The van der Waals surface area contributed by atoms with E-state index in [1.165, 1.54) is 11.1 Å². The summed E-state index contributed by atoms with van der Waals surface area (Å²) in [4.78, 5) is 0. The third-order valence-electron chi connectivity index (χ3n) is 3.17. The van der Waals surface area contributed by atoms with Crippen molar-refractivity contribution in [2.45, 2.75) is 19.4 Å². The summed E-state index contributed by atoms with van der Waals surface area (Å²) in [6.07, 6.45) is 1.04. The number of nitrogens with one attached hydrogen (secondary N) is 1. The van der Waals surface area contributed by atoms with E-state index in [4.69, 9.17) is 11.6 Å². The van der Waals surface area contributed by atoms with E-state index in [1.54, 1.807) is 0 Å². The van der Waals surface area contributed by atoms with Crippen LogP contribution in [0.3, 0.4) is 0 Å². The van der Waals surface area contributed by atoms with E-state index in [2.05, 4.69) is 36.5 Å². The van der Waals surface area contributed by atoms with Crippen LogP contribution < -0.4 is 5.32 Å². The van der Waals surface area contributed by atoms with Gasteiger partial charge in [-0.3, -0.25) is 0 Å². The average molecular weight is 260 g/mol. The van der Waals surface area contributed by atoms with Crippen molar-refractivity contribution >= 4 is 11.6 Å². The van der Waals surface area contributed by atoms with E-state index in [1.807, 2.05) is 31.3 Å². The highest BCUT2D eigenvalue weighted by molar-refractivity contribution is 6.33. The molecule has 0 aliphatic heterocycles. The third-order valence-corrected chi connectivity index (χ3v) is 3.50. The Morgan fingerprint density at radius 2 is 1.72 bits per heavy atom. The van der Waals surface area contributed by atoms with E-state index in [-0.39, 0.29) is 0 Å². The zero-order valence-corrected chi connectivity index (χ0v) is 11.5. The molecule has 0 aliphatic rings. The summed E-state index contributed by atoms with van der Waals surface area (Å²) in [6.45, 7) is 2.18. The zero-order valence-electron chi connectivity index (χ0n) is 10.8. The van der Waals surface area contributed by atoms with Crippen molar-refractivity contribution in [2.75, 3.05) is 7.05 Å². The fourth-order valence-electron chi connectivity index (χ4n) is 1.97. The fourth-order valence-corrected chi connectivity index (χ4v) is 2.22. The molecule has 2 rings (SSSR count). The summed E-state index contributed by atoms with van der Waals surface area (Å²) in [7, 11) is 1.99. The Morgan fingerprint density at radius 3 is 2.33 bits per heavy atom. The van der Waals surface area contributed by atoms with Crippen LogP contribution in [0.2, 0.25) is 5.02 Å². The van der Waals surface area contributed by atoms with Gasteiger partial charge in [0, 0.05) is 16.6 Å². The lowest BCUT2D eigenvalue weighted by Crippen LogP contribution is -2.23. The Bertz CT molecular complexity index is 505. The van der Waals surface area contributed by atoms with Crippen molar-refractivity contribution in [1.29, 1.82) is 0 Å². The largest absolute Gasteiger partial charge is 0.317 e. The standard InChI is InChI=1S/C16H18ClN/c1-12(18-2)11-13-7-9-14(10-8-13)15-5-3-4-6-16(15)17/h3-10,12,18H,11H2,1-2H3. The lowest BCUT2D eigenvalue weighted by molar-refractivity contribution is 0.608. The van der Waals surface area contributed by atoms with E-state index in [9.17, 15) is 0 Å². The number of hydrogen-bond donors (Lipinski definition) is 1. The van der Waals surface area contributed by atoms with Crippen molar-refractivity contribution < 1.29 is 0 Å². The average Bonchev–Trinajstić information content (AvgIpc) is 2.40. The Kier molecular flexibility index (Phi) is 4.40. The molecular weight excluding hydrogens is 242 g/mol. The van der Waals surface area contributed by atoms with Crippen LogP contribution in [0, 0.1) is 0 Å². The predicted molar refractivity (Wildman–Crippen MR) is 79.1 cm³/mol. The summed E-state index contributed by atoms with van der Waals surface area (Å²) in [5.74, 6) is 0. The van der Waals surface area contributed by atoms with E-state index < -0.39 is 0 Å². The fraction of sp³-hybridized carbons (Fsp3) is 0.250. The van der Waals surface area contributed by atoms with Gasteiger partial charge in [-0.05, 0) is 37.6 Å². The van der Waals surface area contributed by atoms with Gasteiger partial charge in [-0.2, -0.15) is 0 Å². The molecule has 2 aromatic carbocycles. The predicted octanol–water partition coefficient (Wildman–Crippen LogP) is 4.16. The Labute approximate surface area is 114 Å². The van der Waals surface area contributed by atoms with Gasteiger partial charge in [0.1, 0.15) is 0 Å². The van der Waals surface area contributed by atoms with Crippen molar-refractivity contribution in [1.82, 2.24) is 5.32 Å². The monoisotopic (exact) mass is 259 g/mol. The first-order chi connectivity index (χ1) is 8.70. The zero-order chi connectivity index (χ0) is 13.0. The van der Waals surface area contributed by atoms with E-state index in [0.717, 1.165) is 17.0 Å². The molecule has 0 bridgehead atoms. The first kappa shape index (κ1) is 13.1. The van der Waals surface area contributed by atoms with Crippen molar-refractivity contribution in [3.63, 3.8) is 0 Å². The number of likely N-dealkylation sites (N-methyl/N-ethyl adjacent to an activating group) is 1. The highest BCUT2D eigenvalue weighted by atomic mass is 35.5. The van der Waals surface area contributed by atoms with Crippen LogP contribution in [0.25, 0.3) is 11.1 Å². The van der Waals surface area contributed by atoms with Gasteiger partial charge in [-0.1, -0.05) is 54.1 Å². The van der Waals surface area contributed by atoms with Gasteiger partial charge in [-0.25, -0.2) is 0 Å². The third kappa shape index (κ3) is 3.12. The summed E-state index contributed by atoms with van der Waals surface area (Å²) in [5.41, 5.74) is 3.60. The van der Waals surface area contributed by atoms with Crippen molar-refractivity contribution in [3.05, 3.63) is 59.1 Å². The van der Waals surface area contributed by atoms with Gasteiger partial charge in [-0.15, -0.1) is 0 Å². The van der Waals surface area contributed by atoms with Gasteiger partial charge in [0.15, 0.2) is 0 Å². The maximum absolute atomic E-state index is 6.20. The molecule has 0 aliphatic carbocycles. The van der Waals surface area contributed by atoms with Crippen LogP contribution in [0.15, 0.2) is 48.5 Å². The molecule has 0 aromatic heterocycles. The number of halogens is 1. The molecule has 18 heavy (non-hydrogen) atoms. The Morgan fingerprint density at radius 1 is 1.06 bits per heavy atom. The molecule has 2 heteroatoms. The Hall–Kier alpha value is -1.31. The van der Waals surface area contributed by atoms with Crippen molar-refractivity contribution in [2.24, 2.45) is 0 Å². The van der Waals surface area contributed by atoms with Crippen LogP contribution in [0.5, 0.6) is 0 Å². The SMILES string of the molecule is CNC(C)Cc1ccc(-c2ccccc2Cl)cc1. The second kappa shape index (κ2) is 6.03. The topological polar surface area (TPSA) is 12.0 Å². The van der Waals surface area contributed by atoms with E-state index in [0.29, 0.717) is 6.04 Å². The number of hydrogen-bond acceptors (Lipinski definition) is 1. The molecule has 0 saturated carbocycles. The quantitative estimate of drug-likeness (QED) is 0.870. The summed E-state index contributed by atoms with van der Waals surface area (Å²) < 4.78 is 0. The van der Waals surface area contributed by atoms with Crippen LogP contribution in [0.1, 0.15) is 12.5 Å². The lowest BCUT2D eigenvalue weighted by atomic mass is 10.0. The van der Waals surface area contributed by atoms with Crippen LogP contribution >= 0.6 is 11.6 Å². The molecule has 1 N–H and O–H groups in total. The number of rotatable bonds is 4. The molecular formula is C16H18ClN. The van der Waals surface area contributed by atoms with Gasteiger partial charge in [0.2, 0.25) is 0 Å². The second-order valence-corrected chi connectivity index (χ2v) is 4.98. The molecule has 0 spiro atoms. The van der Waals surface area contributed by atoms with Crippen LogP contribution in [0.4, 0.5) is 0 Å². The maximum atomic E-state index is 6.20. The first-order valence-electron chi connectivity index (χ1n) is 6.22. The molecule has 94 valence electrons. The summed E-state index contributed by atoms with van der Waals surface area (Å²) in [6, 6.07) is 17.1. The summed E-state index contributed by atoms with van der Waals surface area (Å²) >= 11 is 6.20. The van der Waals surface area contributed by atoms with Crippen LogP contribution in [-0.4, -0.2) is 13.1 Å². The minimum atomic E-state index is 0.496. The summed E-state index contributed by atoms with van der Waals surface area (Å²) in [5, 5.41) is 4.05. The normalized spacial score (nSPS) is 12.4. The molecule has 2 aromatic rings. The Balaban J connectivity index is 2.20. The smallest absolute Gasteiger partial charge is 0.0484 e. The van der Waals surface area contributed by atoms with E-state index >= 15 is 0 Å². The minimum Gasteiger partial charge on any atom is -0.317 e. The molecule has 0 heterocycles. The molecule has 0 radical (unpaired) electrons. The van der Waals surface area contributed by atoms with Gasteiger partial charge < -0.3 is 5.32 Å². The highest BCUT2D eigenvalue weighted by Gasteiger charge is 2.04. The van der Waals surface area contributed by atoms with Gasteiger partial charge in [0.25, 0.3) is 0 Å². The van der Waals surface area contributed by atoms with Gasteiger partial charge in [0.05, 0.1) is 0 Å². The lowest BCUT2D eigenvalue weighted by Gasteiger charge is -2.11. The maximum Gasteiger partial charge on any atom is 0.0484 e. The molecule has 0 amide bonds. The number of benzene rings is 2. The van der Waals surface area contributed by atoms with Crippen molar-refractivity contribution in [3.8, 4) is 11.1 Å².